The number of thiophene rings is 1. The Morgan fingerprint density at radius 1 is 1.18 bits per heavy atom. The number of hydrogen-bond donors (Lipinski definition) is 2. The number of carbonyl (C=O) groups excluding carboxylic acids is 2. The van der Waals surface area contributed by atoms with Gasteiger partial charge in [0.1, 0.15) is 16.5 Å². The number of rotatable bonds is 8. The molecular weight excluding hydrogens is 456 g/mol. The summed E-state index contributed by atoms with van der Waals surface area (Å²) in [5, 5.41) is 13.1. The topological polar surface area (TPSA) is 105 Å². The second kappa shape index (κ2) is 10.5. The lowest BCUT2D eigenvalue weighted by molar-refractivity contribution is -0.116. The third-order valence-electron chi connectivity index (χ3n) is 6.70. The van der Waals surface area contributed by atoms with Gasteiger partial charge in [-0.1, -0.05) is 25.7 Å². The standard InChI is InChI=1S/C25H30N2O6S/c1-32-16-8-9-19(33-2)18(13-16)24(29)27-12-11-17-20(14-27)34-23(22(17)25(30)31)26-21(28)10-7-15-5-3-4-6-15/h8-9,13,15H,3-7,10-12,14H2,1-2H3,(H,26,28)(H,30,31). The van der Waals surface area contributed by atoms with Crippen LogP contribution in [0.15, 0.2) is 18.2 Å². The molecule has 0 atom stereocenters. The Labute approximate surface area is 202 Å². The van der Waals surface area contributed by atoms with Crippen molar-refractivity contribution < 1.29 is 29.0 Å². The van der Waals surface area contributed by atoms with Gasteiger partial charge in [-0.2, -0.15) is 0 Å². The van der Waals surface area contributed by atoms with E-state index in [-0.39, 0.29) is 23.9 Å². The minimum absolute atomic E-state index is 0.151. The van der Waals surface area contributed by atoms with Crippen LogP contribution in [0.3, 0.4) is 0 Å². The van der Waals surface area contributed by atoms with Gasteiger partial charge in [-0.05, 0) is 42.5 Å². The predicted octanol–water partition coefficient (Wildman–Crippen LogP) is 4.57. The number of anilines is 1. The van der Waals surface area contributed by atoms with Gasteiger partial charge in [-0.15, -0.1) is 11.3 Å². The van der Waals surface area contributed by atoms with Gasteiger partial charge in [0.25, 0.3) is 5.91 Å². The molecule has 1 fully saturated rings. The molecule has 8 nitrogen and oxygen atoms in total. The number of amides is 2. The minimum atomic E-state index is -1.06. The molecule has 2 aliphatic rings. The van der Waals surface area contributed by atoms with E-state index >= 15 is 0 Å². The van der Waals surface area contributed by atoms with Crippen LogP contribution in [0.2, 0.25) is 0 Å². The Morgan fingerprint density at radius 2 is 1.94 bits per heavy atom. The Bertz CT molecular complexity index is 1090. The first-order chi connectivity index (χ1) is 16.4. The fourth-order valence-electron chi connectivity index (χ4n) is 4.87. The number of fused-ring (bicyclic) bond motifs is 1. The third kappa shape index (κ3) is 5.04. The smallest absolute Gasteiger partial charge is 0.339 e. The van der Waals surface area contributed by atoms with Crippen LogP contribution in [-0.2, 0) is 17.8 Å². The van der Waals surface area contributed by atoms with Crippen molar-refractivity contribution in [2.45, 2.75) is 51.5 Å². The van der Waals surface area contributed by atoms with E-state index in [9.17, 15) is 19.5 Å². The summed E-state index contributed by atoms with van der Waals surface area (Å²) in [6, 6.07) is 5.06. The first kappa shape index (κ1) is 24.1. The third-order valence-corrected chi connectivity index (χ3v) is 7.83. The normalized spacial score (nSPS) is 15.6. The second-order valence-electron chi connectivity index (χ2n) is 8.79. The minimum Gasteiger partial charge on any atom is -0.497 e. The highest BCUT2D eigenvalue weighted by Crippen LogP contribution is 2.38. The summed E-state index contributed by atoms with van der Waals surface area (Å²) >= 11 is 1.25. The number of hydrogen-bond acceptors (Lipinski definition) is 6. The summed E-state index contributed by atoms with van der Waals surface area (Å²) in [4.78, 5) is 40.3. The van der Waals surface area contributed by atoms with Gasteiger partial charge in [0.2, 0.25) is 5.91 Å². The number of methoxy groups -OCH3 is 2. The largest absolute Gasteiger partial charge is 0.497 e. The zero-order valence-corrected chi connectivity index (χ0v) is 20.3. The number of benzene rings is 1. The average Bonchev–Trinajstić information content (AvgIpc) is 3.48. The summed E-state index contributed by atoms with van der Waals surface area (Å²) < 4.78 is 10.6. The van der Waals surface area contributed by atoms with Gasteiger partial charge in [0, 0.05) is 17.8 Å². The number of aromatic carboxylic acids is 1. The number of nitrogens with zero attached hydrogens (tertiary/aromatic N) is 1. The van der Waals surface area contributed by atoms with E-state index in [1.165, 1.54) is 51.2 Å². The SMILES string of the molecule is COc1ccc(OC)c(C(=O)N2CCc3c(sc(NC(=O)CCC4CCCC4)c3C(=O)O)C2)c1. The molecule has 9 heteroatoms. The lowest BCUT2D eigenvalue weighted by atomic mass is 10.0. The van der Waals surface area contributed by atoms with E-state index in [0.717, 1.165) is 11.3 Å². The molecule has 1 saturated carbocycles. The highest BCUT2D eigenvalue weighted by Gasteiger charge is 2.31. The van der Waals surface area contributed by atoms with Gasteiger partial charge in [-0.3, -0.25) is 9.59 Å². The number of carbonyl (C=O) groups is 3. The van der Waals surface area contributed by atoms with E-state index in [2.05, 4.69) is 5.32 Å². The van der Waals surface area contributed by atoms with Crippen LogP contribution >= 0.6 is 11.3 Å². The van der Waals surface area contributed by atoms with Crippen LogP contribution < -0.4 is 14.8 Å². The molecule has 2 aromatic rings. The number of nitrogens with one attached hydrogen (secondary N) is 1. The van der Waals surface area contributed by atoms with Crippen molar-refractivity contribution in [3.05, 3.63) is 39.8 Å². The fourth-order valence-corrected chi connectivity index (χ4v) is 6.14. The van der Waals surface area contributed by atoms with E-state index in [1.807, 2.05) is 0 Å². The van der Waals surface area contributed by atoms with Crippen molar-refractivity contribution >= 4 is 34.1 Å². The Morgan fingerprint density at radius 3 is 2.62 bits per heavy atom. The zero-order chi connectivity index (χ0) is 24.2. The molecule has 1 aliphatic carbocycles. The van der Waals surface area contributed by atoms with Gasteiger partial charge in [0.05, 0.1) is 31.9 Å². The van der Waals surface area contributed by atoms with E-state index < -0.39 is 5.97 Å². The lowest BCUT2D eigenvalue weighted by Crippen LogP contribution is -2.36. The maximum atomic E-state index is 13.3. The van der Waals surface area contributed by atoms with Crippen LogP contribution in [-0.4, -0.2) is 48.6 Å². The molecule has 0 radical (unpaired) electrons. The van der Waals surface area contributed by atoms with Crippen LogP contribution in [0.1, 0.15) is 69.7 Å². The highest BCUT2D eigenvalue weighted by molar-refractivity contribution is 7.17. The maximum Gasteiger partial charge on any atom is 0.339 e. The second-order valence-corrected chi connectivity index (χ2v) is 9.90. The molecule has 0 saturated heterocycles. The van der Waals surface area contributed by atoms with Crippen molar-refractivity contribution in [1.82, 2.24) is 4.90 Å². The molecule has 0 bridgehead atoms. The molecule has 1 aliphatic heterocycles. The van der Waals surface area contributed by atoms with Crippen molar-refractivity contribution in [1.29, 1.82) is 0 Å². The lowest BCUT2D eigenvalue weighted by Gasteiger charge is -2.27. The molecule has 2 amide bonds. The summed E-state index contributed by atoms with van der Waals surface area (Å²) in [7, 11) is 3.04. The molecule has 2 heterocycles. The Balaban J connectivity index is 1.51. The summed E-state index contributed by atoms with van der Waals surface area (Å²) in [6.07, 6.45) is 6.43. The molecule has 34 heavy (non-hydrogen) atoms. The van der Waals surface area contributed by atoms with Gasteiger partial charge in [0.15, 0.2) is 0 Å². The molecule has 1 aromatic heterocycles. The van der Waals surface area contributed by atoms with Gasteiger partial charge >= 0.3 is 5.97 Å². The van der Waals surface area contributed by atoms with Crippen LogP contribution in [0.25, 0.3) is 0 Å². The predicted molar refractivity (Wildman–Crippen MR) is 129 cm³/mol. The Kier molecular flexibility index (Phi) is 7.41. The molecular formula is C25H30N2O6S. The number of carboxylic acid groups (broad SMARTS) is 1. The zero-order valence-electron chi connectivity index (χ0n) is 19.5. The molecule has 0 unspecified atom stereocenters. The summed E-state index contributed by atoms with van der Waals surface area (Å²) in [6.45, 7) is 0.649. The van der Waals surface area contributed by atoms with E-state index in [4.69, 9.17) is 9.47 Å². The van der Waals surface area contributed by atoms with Crippen LogP contribution in [0.4, 0.5) is 5.00 Å². The van der Waals surface area contributed by atoms with E-state index in [1.54, 1.807) is 23.1 Å². The molecule has 1 aromatic carbocycles. The highest BCUT2D eigenvalue weighted by atomic mass is 32.1. The number of ether oxygens (including phenoxy) is 2. The monoisotopic (exact) mass is 486 g/mol. The fraction of sp³-hybridized carbons (Fsp3) is 0.480. The maximum absolute atomic E-state index is 13.3. The van der Waals surface area contributed by atoms with Crippen LogP contribution in [0.5, 0.6) is 11.5 Å². The Hall–Kier alpha value is -3.07. The summed E-state index contributed by atoms with van der Waals surface area (Å²) in [5.74, 6) is 0.168. The van der Waals surface area contributed by atoms with E-state index in [0.29, 0.717) is 52.9 Å². The summed E-state index contributed by atoms with van der Waals surface area (Å²) in [5.41, 5.74) is 1.24. The number of carboxylic acids is 1. The average molecular weight is 487 g/mol. The quantitative estimate of drug-likeness (QED) is 0.566. The van der Waals surface area contributed by atoms with Gasteiger partial charge < -0.3 is 24.8 Å². The molecule has 4 rings (SSSR count). The van der Waals surface area contributed by atoms with Gasteiger partial charge in [-0.25, -0.2) is 4.79 Å². The van der Waals surface area contributed by atoms with Crippen molar-refractivity contribution in [3.63, 3.8) is 0 Å². The molecule has 0 spiro atoms. The first-order valence-electron chi connectivity index (χ1n) is 11.6. The molecule has 2 N–H and O–H groups in total. The van der Waals surface area contributed by atoms with Crippen molar-refractivity contribution in [3.8, 4) is 11.5 Å². The molecule has 182 valence electrons. The van der Waals surface area contributed by atoms with Crippen LogP contribution in [0, 0.1) is 5.92 Å². The van der Waals surface area contributed by atoms with Crippen molar-refractivity contribution in [2.75, 3.05) is 26.1 Å². The van der Waals surface area contributed by atoms with Crippen molar-refractivity contribution in [2.24, 2.45) is 5.92 Å². The first-order valence-corrected chi connectivity index (χ1v) is 12.4.